The zero-order valence-electron chi connectivity index (χ0n) is 7.61. The highest BCUT2D eigenvalue weighted by atomic mass is 19.1. The van der Waals surface area contributed by atoms with Gasteiger partial charge in [0.2, 0.25) is 0 Å². The molecule has 0 saturated heterocycles. The normalized spacial score (nSPS) is 11.8. The molecular weight excluding hydrogens is 183 g/mol. The monoisotopic (exact) mass is 194 g/mol. The molecule has 1 rings (SSSR count). The van der Waals surface area contributed by atoms with Crippen molar-refractivity contribution in [1.82, 2.24) is 0 Å². The average Bonchev–Trinajstić information content (AvgIpc) is 2.17. The third-order valence-electron chi connectivity index (χ3n) is 1.66. The fraction of sp³-hybridized carbons (Fsp3) is 0.300. The molecule has 0 amide bonds. The maximum absolute atomic E-state index is 12.7. The van der Waals surface area contributed by atoms with Gasteiger partial charge < -0.3 is 10.5 Å². The van der Waals surface area contributed by atoms with Crippen molar-refractivity contribution in [1.29, 1.82) is 5.26 Å². The standard InChI is InChI=1S/C10H11FN2O/c11-8-2-1-3-10(6-8)14-5-4-9(13)7-12/h1-3,6,9H,4-5,13H2. The van der Waals surface area contributed by atoms with Crippen LogP contribution in [0.15, 0.2) is 24.3 Å². The summed E-state index contributed by atoms with van der Waals surface area (Å²) in [5.41, 5.74) is 5.35. The Kier molecular flexibility index (Phi) is 3.89. The van der Waals surface area contributed by atoms with Crippen molar-refractivity contribution in [3.8, 4) is 11.8 Å². The highest BCUT2D eigenvalue weighted by molar-refractivity contribution is 5.22. The molecule has 0 aromatic heterocycles. The molecule has 14 heavy (non-hydrogen) atoms. The predicted molar refractivity (Wildman–Crippen MR) is 50.1 cm³/mol. The van der Waals surface area contributed by atoms with E-state index in [1.165, 1.54) is 12.1 Å². The summed E-state index contributed by atoms with van der Waals surface area (Å²) >= 11 is 0. The van der Waals surface area contributed by atoms with Gasteiger partial charge in [0.1, 0.15) is 11.6 Å². The SMILES string of the molecule is N#CC(N)CCOc1cccc(F)c1. The molecule has 0 fully saturated rings. The van der Waals surface area contributed by atoms with E-state index in [4.69, 9.17) is 15.7 Å². The van der Waals surface area contributed by atoms with Gasteiger partial charge in [-0.2, -0.15) is 5.26 Å². The second-order valence-corrected chi connectivity index (χ2v) is 2.83. The number of nitrogens with two attached hydrogens (primary N) is 1. The van der Waals surface area contributed by atoms with Crippen molar-refractivity contribution in [3.05, 3.63) is 30.1 Å². The summed E-state index contributed by atoms with van der Waals surface area (Å²) in [5.74, 6) is 0.113. The van der Waals surface area contributed by atoms with Crippen LogP contribution in [0.3, 0.4) is 0 Å². The molecule has 1 aromatic rings. The van der Waals surface area contributed by atoms with Crippen molar-refractivity contribution in [2.45, 2.75) is 12.5 Å². The smallest absolute Gasteiger partial charge is 0.126 e. The van der Waals surface area contributed by atoms with E-state index in [2.05, 4.69) is 0 Å². The molecule has 0 spiro atoms. The first kappa shape index (κ1) is 10.5. The van der Waals surface area contributed by atoms with Crippen LogP contribution in [-0.2, 0) is 0 Å². The fourth-order valence-corrected chi connectivity index (χ4v) is 0.925. The van der Waals surface area contributed by atoms with Gasteiger partial charge in [0.05, 0.1) is 18.7 Å². The van der Waals surface area contributed by atoms with Gasteiger partial charge in [0.15, 0.2) is 0 Å². The third-order valence-corrected chi connectivity index (χ3v) is 1.66. The minimum absolute atomic E-state index is 0.318. The first-order valence-electron chi connectivity index (χ1n) is 4.26. The van der Waals surface area contributed by atoms with Crippen LogP contribution in [0.2, 0.25) is 0 Å². The summed E-state index contributed by atoms with van der Waals surface area (Å²) in [6.07, 6.45) is 0.438. The predicted octanol–water partition coefficient (Wildman–Crippen LogP) is 1.45. The Balaban J connectivity index is 2.36. The number of ether oxygens (including phenoxy) is 1. The van der Waals surface area contributed by atoms with Crippen LogP contribution in [0.25, 0.3) is 0 Å². The number of hydrogen-bond acceptors (Lipinski definition) is 3. The van der Waals surface area contributed by atoms with Crippen LogP contribution in [-0.4, -0.2) is 12.6 Å². The minimum Gasteiger partial charge on any atom is -0.493 e. The molecule has 74 valence electrons. The van der Waals surface area contributed by atoms with Gasteiger partial charge in [-0.25, -0.2) is 4.39 Å². The maximum atomic E-state index is 12.7. The van der Waals surface area contributed by atoms with Gasteiger partial charge in [-0.05, 0) is 12.1 Å². The van der Waals surface area contributed by atoms with E-state index in [1.54, 1.807) is 12.1 Å². The first-order chi connectivity index (χ1) is 6.72. The van der Waals surface area contributed by atoms with E-state index in [9.17, 15) is 4.39 Å². The highest BCUT2D eigenvalue weighted by Gasteiger charge is 2.00. The quantitative estimate of drug-likeness (QED) is 0.789. The lowest BCUT2D eigenvalue weighted by molar-refractivity contribution is 0.304. The van der Waals surface area contributed by atoms with E-state index in [1.807, 2.05) is 6.07 Å². The molecule has 0 aliphatic heterocycles. The van der Waals surface area contributed by atoms with Crippen LogP contribution < -0.4 is 10.5 Å². The lowest BCUT2D eigenvalue weighted by Gasteiger charge is -2.06. The summed E-state index contributed by atoms with van der Waals surface area (Å²) in [4.78, 5) is 0. The van der Waals surface area contributed by atoms with E-state index in [0.29, 0.717) is 18.8 Å². The lowest BCUT2D eigenvalue weighted by Crippen LogP contribution is -2.20. The Bertz CT molecular complexity index is 335. The fourth-order valence-electron chi connectivity index (χ4n) is 0.925. The summed E-state index contributed by atoms with van der Waals surface area (Å²) < 4.78 is 17.9. The summed E-state index contributed by atoms with van der Waals surface area (Å²) in [7, 11) is 0. The molecule has 0 saturated carbocycles. The summed E-state index contributed by atoms with van der Waals surface area (Å²) in [6.45, 7) is 0.318. The lowest BCUT2D eigenvalue weighted by atomic mass is 10.2. The van der Waals surface area contributed by atoms with Crippen molar-refractivity contribution < 1.29 is 9.13 Å². The van der Waals surface area contributed by atoms with Gasteiger partial charge in [-0.3, -0.25) is 0 Å². The molecule has 0 bridgehead atoms. The van der Waals surface area contributed by atoms with E-state index in [0.717, 1.165) is 0 Å². The van der Waals surface area contributed by atoms with Crippen LogP contribution in [0.1, 0.15) is 6.42 Å². The number of benzene rings is 1. The zero-order chi connectivity index (χ0) is 10.4. The average molecular weight is 194 g/mol. The Morgan fingerprint density at radius 1 is 1.57 bits per heavy atom. The topological polar surface area (TPSA) is 59.0 Å². The minimum atomic E-state index is -0.524. The van der Waals surface area contributed by atoms with Gasteiger partial charge in [-0.15, -0.1) is 0 Å². The van der Waals surface area contributed by atoms with Gasteiger partial charge in [-0.1, -0.05) is 6.07 Å². The van der Waals surface area contributed by atoms with Crippen molar-refractivity contribution in [3.63, 3.8) is 0 Å². The van der Waals surface area contributed by atoms with Crippen LogP contribution in [0.4, 0.5) is 4.39 Å². The molecule has 2 N–H and O–H groups in total. The van der Waals surface area contributed by atoms with Gasteiger partial charge in [0.25, 0.3) is 0 Å². The maximum Gasteiger partial charge on any atom is 0.126 e. The number of halogens is 1. The Morgan fingerprint density at radius 2 is 2.36 bits per heavy atom. The van der Waals surface area contributed by atoms with E-state index >= 15 is 0 Å². The Labute approximate surface area is 81.9 Å². The number of nitriles is 1. The van der Waals surface area contributed by atoms with Crippen LogP contribution >= 0.6 is 0 Å². The van der Waals surface area contributed by atoms with Crippen molar-refractivity contribution in [2.75, 3.05) is 6.61 Å². The molecule has 1 atom stereocenters. The third kappa shape index (κ3) is 3.42. The molecule has 0 radical (unpaired) electrons. The van der Waals surface area contributed by atoms with E-state index < -0.39 is 6.04 Å². The second kappa shape index (κ2) is 5.20. The van der Waals surface area contributed by atoms with Crippen LogP contribution in [0, 0.1) is 17.1 Å². The number of hydrogen-bond donors (Lipinski definition) is 1. The number of nitrogens with zero attached hydrogens (tertiary/aromatic N) is 1. The molecular formula is C10H11FN2O. The largest absolute Gasteiger partial charge is 0.493 e. The van der Waals surface area contributed by atoms with Gasteiger partial charge in [0, 0.05) is 12.5 Å². The first-order valence-corrected chi connectivity index (χ1v) is 4.26. The molecule has 0 aliphatic rings. The molecule has 0 aliphatic carbocycles. The summed E-state index contributed by atoms with van der Waals surface area (Å²) in [5, 5.41) is 8.39. The van der Waals surface area contributed by atoms with Gasteiger partial charge >= 0.3 is 0 Å². The zero-order valence-corrected chi connectivity index (χ0v) is 7.61. The van der Waals surface area contributed by atoms with Crippen LogP contribution in [0.5, 0.6) is 5.75 Å². The van der Waals surface area contributed by atoms with Crippen molar-refractivity contribution in [2.24, 2.45) is 5.73 Å². The molecule has 4 heteroatoms. The second-order valence-electron chi connectivity index (χ2n) is 2.83. The highest BCUT2D eigenvalue weighted by Crippen LogP contribution is 2.11. The Hall–Kier alpha value is -1.60. The summed E-state index contributed by atoms with van der Waals surface area (Å²) in [6, 6.07) is 7.21. The van der Waals surface area contributed by atoms with E-state index in [-0.39, 0.29) is 5.82 Å². The Morgan fingerprint density at radius 3 is 3.00 bits per heavy atom. The molecule has 0 heterocycles. The molecule has 3 nitrogen and oxygen atoms in total. The number of rotatable bonds is 4. The van der Waals surface area contributed by atoms with Crippen molar-refractivity contribution >= 4 is 0 Å². The molecule has 1 aromatic carbocycles. The molecule has 1 unspecified atom stereocenters.